The van der Waals surface area contributed by atoms with Crippen LogP contribution in [-0.4, -0.2) is 10.9 Å². The fraction of sp³-hybridized carbons (Fsp3) is 0.143. The monoisotopic (exact) mass is 331 g/mol. The van der Waals surface area contributed by atoms with Crippen molar-refractivity contribution in [1.29, 1.82) is 0 Å². The second kappa shape index (κ2) is 7.18. The maximum atomic E-state index is 12.5. The van der Waals surface area contributed by atoms with E-state index in [-0.39, 0.29) is 5.91 Å². The number of nitrogens with one attached hydrogen (secondary N) is 2. The third-order valence-corrected chi connectivity index (χ3v) is 3.97. The highest BCUT2D eigenvalue weighted by molar-refractivity contribution is 6.03. The Labute approximate surface area is 147 Å². The maximum Gasteiger partial charge on any atom is 0.274 e. The van der Waals surface area contributed by atoms with Gasteiger partial charge in [0.25, 0.3) is 5.91 Å². The normalized spacial score (nSPS) is 10.4. The predicted molar refractivity (Wildman–Crippen MR) is 103 cm³/mol. The summed E-state index contributed by atoms with van der Waals surface area (Å²) >= 11 is 0. The molecule has 0 aliphatic rings. The van der Waals surface area contributed by atoms with E-state index in [1.807, 2.05) is 69.3 Å². The van der Waals surface area contributed by atoms with Crippen LogP contribution < -0.4 is 10.6 Å². The molecule has 0 saturated carbocycles. The summed E-state index contributed by atoms with van der Waals surface area (Å²) < 4.78 is 0. The Morgan fingerprint density at radius 1 is 0.840 bits per heavy atom. The summed E-state index contributed by atoms with van der Waals surface area (Å²) in [6.07, 6.45) is 1.63. The molecular weight excluding hydrogens is 310 g/mol. The van der Waals surface area contributed by atoms with Crippen molar-refractivity contribution in [2.45, 2.75) is 20.8 Å². The summed E-state index contributed by atoms with van der Waals surface area (Å²) in [6.45, 7) is 6.02. The number of nitrogens with zero attached hydrogens (tertiary/aromatic N) is 1. The first-order valence-corrected chi connectivity index (χ1v) is 8.19. The SMILES string of the molecule is Cc1ccc(Nc2ccnc(C(=O)Nc3cc(C)ccc3C)c2)cc1. The van der Waals surface area contributed by atoms with Gasteiger partial charge in [-0.15, -0.1) is 0 Å². The number of benzene rings is 2. The van der Waals surface area contributed by atoms with Crippen molar-refractivity contribution in [2.75, 3.05) is 10.6 Å². The Morgan fingerprint density at radius 2 is 1.56 bits per heavy atom. The molecule has 0 saturated heterocycles. The summed E-state index contributed by atoms with van der Waals surface area (Å²) in [5, 5.41) is 6.23. The second-order valence-corrected chi connectivity index (χ2v) is 6.19. The molecule has 2 aromatic carbocycles. The van der Waals surface area contributed by atoms with Gasteiger partial charge in [0.2, 0.25) is 0 Å². The van der Waals surface area contributed by atoms with Gasteiger partial charge in [-0.05, 0) is 62.2 Å². The van der Waals surface area contributed by atoms with E-state index in [0.29, 0.717) is 5.69 Å². The zero-order chi connectivity index (χ0) is 17.8. The van der Waals surface area contributed by atoms with E-state index in [4.69, 9.17) is 0 Å². The number of anilines is 3. The number of hydrogen-bond acceptors (Lipinski definition) is 3. The molecule has 0 atom stereocenters. The Balaban J connectivity index is 1.77. The summed E-state index contributed by atoms with van der Waals surface area (Å²) in [4.78, 5) is 16.7. The van der Waals surface area contributed by atoms with Crippen LogP contribution in [0.5, 0.6) is 0 Å². The van der Waals surface area contributed by atoms with Crippen molar-refractivity contribution in [1.82, 2.24) is 4.98 Å². The van der Waals surface area contributed by atoms with Crippen molar-refractivity contribution < 1.29 is 4.79 Å². The van der Waals surface area contributed by atoms with E-state index in [2.05, 4.69) is 15.6 Å². The number of carbonyl (C=O) groups excluding carboxylic acids is 1. The highest BCUT2D eigenvalue weighted by Gasteiger charge is 2.10. The molecule has 0 radical (unpaired) electrons. The van der Waals surface area contributed by atoms with Crippen LogP contribution in [0.1, 0.15) is 27.2 Å². The van der Waals surface area contributed by atoms with E-state index >= 15 is 0 Å². The Bertz CT molecular complexity index is 901. The molecule has 126 valence electrons. The van der Waals surface area contributed by atoms with E-state index in [9.17, 15) is 4.79 Å². The molecule has 1 amide bonds. The molecule has 0 aliphatic carbocycles. The number of hydrogen-bond donors (Lipinski definition) is 2. The molecule has 3 rings (SSSR count). The number of rotatable bonds is 4. The van der Waals surface area contributed by atoms with Gasteiger partial charge in [0.05, 0.1) is 0 Å². The Morgan fingerprint density at radius 3 is 2.32 bits per heavy atom. The number of aryl methyl sites for hydroxylation is 3. The summed E-state index contributed by atoms with van der Waals surface area (Å²) in [5.74, 6) is -0.221. The quantitative estimate of drug-likeness (QED) is 0.707. The lowest BCUT2D eigenvalue weighted by Crippen LogP contribution is -2.14. The van der Waals surface area contributed by atoms with Gasteiger partial charge in [-0.1, -0.05) is 29.8 Å². The predicted octanol–water partition coefficient (Wildman–Crippen LogP) is 5.00. The lowest BCUT2D eigenvalue weighted by Gasteiger charge is -2.11. The minimum atomic E-state index is -0.221. The van der Waals surface area contributed by atoms with Crippen molar-refractivity contribution in [3.05, 3.63) is 83.2 Å². The number of aromatic nitrogens is 1. The first-order valence-electron chi connectivity index (χ1n) is 8.19. The average Bonchev–Trinajstić information content (AvgIpc) is 2.60. The molecule has 0 fully saturated rings. The Kier molecular flexibility index (Phi) is 4.80. The highest BCUT2D eigenvalue weighted by Crippen LogP contribution is 2.20. The molecule has 25 heavy (non-hydrogen) atoms. The van der Waals surface area contributed by atoms with Crippen LogP contribution in [0.15, 0.2) is 60.8 Å². The van der Waals surface area contributed by atoms with Crippen molar-refractivity contribution in [3.8, 4) is 0 Å². The van der Waals surface area contributed by atoms with Gasteiger partial charge < -0.3 is 10.6 Å². The molecule has 0 unspecified atom stereocenters. The fourth-order valence-corrected chi connectivity index (χ4v) is 2.49. The lowest BCUT2D eigenvalue weighted by atomic mass is 10.1. The number of carbonyl (C=O) groups is 1. The number of pyridine rings is 1. The highest BCUT2D eigenvalue weighted by atomic mass is 16.1. The van der Waals surface area contributed by atoms with Crippen LogP contribution in [0.3, 0.4) is 0 Å². The summed E-state index contributed by atoms with van der Waals surface area (Å²) in [7, 11) is 0. The van der Waals surface area contributed by atoms with E-state index < -0.39 is 0 Å². The molecule has 0 bridgehead atoms. The zero-order valence-corrected chi connectivity index (χ0v) is 14.6. The first kappa shape index (κ1) is 16.7. The number of amides is 1. The average molecular weight is 331 g/mol. The van der Waals surface area contributed by atoms with Crippen LogP contribution in [0.25, 0.3) is 0 Å². The van der Waals surface area contributed by atoms with Crippen LogP contribution in [0, 0.1) is 20.8 Å². The van der Waals surface area contributed by atoms with Crippen molar-refractivity contribution in [2.24, 2.45) is 0 Å². The Hall–Kier alpha value is -3.14. The van der Waals surface area contributed by atoms with Gasteiger partial charge in [-0.3, -0.25) is 9.78 Å². The second-order valence-electron chi connectivity index (χ2n) is 6.19. The standard InChI is InChI=1S/C21H21N3O/c1-14-5-8-17(9-6-14)23-18-10-11-22-20(13-18)21(25)24-19-12-15(2)4-7-16(19)3/h4-13H,1-3H3,(H,22,23)(H,24,25). The third kappa shape index (κ3) is 4.23. The van der Waals surface area contributed by atoms with Crippen molar-refractivity contribution >= 4 is 23.0 Å². The van der Waals surface area contributed by atoms with Gasteiger partial charge in [0, 0.05) is 23.3 Å². The molecule has 4 nitrogen and oxygen atoms in total. The molecular formula is C21H21N3O. The maximum absolute atomic E-state index is 12.5. The molecule has 3 aromatic rings. The van der Waals surface area contributed by atoms with E-state index in [1.54, 1.807) is 12.3 Å². The zero-order valence-electron chi connectivity index (χ0n) is 14.6. The van der Waals surface area contributed by atoms with Gasteiger partial charge in [0.1, 0.15) is 5.69 Å². The topological polar surface area (TPSA) is 54.0 Å². The van der Waals surface area contributed by atoms with Gasteiger partial charge >= 0.3 is 0 Å². The van der Waals surface area contributed by atoms with Crippen molar-refractivity contribution in [3.63, 3.8) is 0 Å². The van der Waals surface area contributed by atoms with Crippen LogP contribution >= 0.6 is 0 Å². The molecule has 1 aromatic heterocycles. The summed E-state index contributed by atoms with van der Waals surface area (Å²) in [5.41, 5.74) is 6.30. The fourth-order valence-electron chi connectivity index (χ4n) is 2.49. The molecule has 0 aliphatic heterocycles. The smallest absolute Gasteiger partial charge is 0.274 e. The first-order chi connectivity index (χ1) is 12.0. The van der Waals surface area contributed by atoms with E-state index in [1.165, 1.54) is 5.56 Å². The third-order valence-electron chi connectivity index (χ3n) is 3.97. The minimum Gasteiger partial charge on any atom is -0.355 e. The lowest BCUT2D eigenvalue weighted by molar-refractivity contribution is 0.102. The molecule has 2 N–H and O–H groups in total. The van der Waals surface area contributed by atoms with Crippen LogP contribution in [0.2, 0.25) is 0 Å². The van der Waals surface area contributed by atoms with E-state index in [0.717, 1.165) is 28.2 Å². The minimum absolute atomic E-state index is 0.221. The van der Waals surface area contributed by atoms with Gasteiger partial charge in [-0.2, -0.15) is 0 Å². The molecule has 0 spiro atoms. The largest absolute Gasteiger partial charge is 0.355 e. The van der Waals surface area contributed by atoms with Gasteiger partial charge in [-0.25, -0.2) is 0 Å². The van der Waals surface area contributed by atoms with Crippen LogP contribution in [-0.2, 0) is 0 Å². The molecule has 1 heterocycles. The molecule has 4 heteroatoms. The van der Waals surface area contributed by atoms with Gasteiger partial charge in [0.15, 0.2) is 0 Å². The summed E-state index contributed by atoms with van der Waals surface area (Å²) in [6, 6.07) is 17.7. The van der Waals surface area contributed by atoms with Crippen LogP contribution in [0.4, 0.5) is 17.1 Å².